The molecule has 0 saturated carbocycles. The fourth-order valence-electron chi connectivity index (χ4n) is 1.49. The lowest BCUT2D eigenvalue weighted by Gasteiger charge is -2.14. The number of hydrogen-bond acceptors (Lipinski definition) is 3. The molecule has 0 aromatic heterocycles. The Morgan fingerprint density at radius 3 is 2.47 bits per heavy atom. The molecule has 0 heterocycles. The second kappa shape index (κ2) is 4.84. The maximum Gasteiger partial charge on any atom is 0.163 e. The lowest BCUT2D eigenvalue weighted by molar-refractivity contribution is 0.228. The summed E-state index contributed by atoms with van der Waals surface area (Å²) in [6.45, 7) is 5.45. The minimum Gasteiger partial charge on any atom is -0.493 e. The molecule has 0 fully saturated rings. The maximum absolute atomic E-state index is 9.62. The van der Waals surface area contributed by atoms with Crippen LogP contribution in [0, 0.1) is 6.92 Å². The van der Waals surface area contributed by atoms with Gasteiger partial charge in [-0.3, -0.25) is 0 Å². The highest BCUT2D eigenvalue weighted by Gasteiger charge is 2.12. The van der Waals surface area contributed by atoms with Crippen molar-refractivity contribution in [2.24, 2.45) is 0 Å². The van der Waals surface area contributed by atoms with E-state index in [9.17, 15) is 5.11 Å². The number of hydrogen-bond donors (Lipinski definition) is 1. The molecule has 0 aliphatic rings. The first-order valence-electron chi connectivity index (χ1n) is 4.67. The third-order valence-corrected chi connectivity index (χ3v) is 2.25. The summed E-state index contributed by atoms with van der Waals surface area (Å²) in [7, 11) is 3.16. The minimum atomic E-state index is -0.677. The molecule has 0 spiro atoms. The van der Waals surface area contributed by atoms with Gasteiger partial charge in [-0.25, -0.2) is 0 Å². The Morgan fingerprint density at radius 2 is 2.00 bits per heavy atom. The van der Waals surface area contributed by atoms with Crippen LogP contribution in [0.3, 0.4) is 0 Å². The molecular weight excluding hydrogens is 192 g/mol. The Hall–Kier alpha value is -1.48. The van der Waals surface area contributed by atoms with Crippen molar-refractivity contribution in [3.63, 3.8) is 0 Å². The molecule has 0 amide bonds. The lowest BCUT2D eigenvalue weighted by Crippen LogP contribution is -1.98. The van der Waals surface area contributed by atoms with Gasteiger partial charge < -0.3 is 14.6 Å². The summed E-state index contributed by atoms with van der Waals surface area (Å²) in [5, 5.41) is 9.62. The Morgan fingerprint density at radius 1 is 1.33 bits per heavy atom. The van der Waals surface area contributed by atoms with Gasteiger partial charge in [0.05, 0.1) is 20.3 Å². The first-order valence-corrected chi connectivity index (χ1v) is 4.67. The maximum atomic E-state index is 9.62. The molecule has 0 aliphatic heterocycles. The minimum absolute atomic E-state index is 0.619. The van der Waals surface area contributed by atoms with Crippen LogP contribution >= 0.6 is 0 Å². The highest BCUT2D eigenvalue weighted by Crippen LogP contribution is 2.33. The smallest absolute Gasteiger partial charge is 0.163 e. The molecule has 15 heavy (non-hydrogen) atoms. The molecule has 1 rings (SSSR count). The number of rotatable bonds is 4. The van der Waals surface area contributed by atoms with E-state index in [1.54, 1.807) is 20.3 Å². The average molecular weight is 208 g/mol. The van der Waals surface area contributed by atoms with E-state index in [1.807, 2.05) is 13.0 Å². The van der Waals surface area contributed by atoms with E-state index in [0.717, 1.165) is 11.1 Å². The summed E-state index contributed by atoms with van der Waals surface area (Å²) in [6, 6.07) is 3.60. The van der Waals surface area contributed by atoms with Crippen molar-refractivity contribution in [1.29, 1.82) is 0 Å². The van der Waals surface area contributed by atoms with E-state index in [-0.39, 0.29) is 0 Å². The molecular formula is C12H16O3. The standard InChI is InChI=1S/C12H16O3/c1-5-10(13)9-6-8(2)12(15-4)11(7-9)14-3/h5-7,10,13H,1H2,2-4H3. The molecule has 3 nitrogen and oxygen atoms in total. The van der Waals surface area contributed by atoms with Crippen LogP contribution in [0.1, 0.15) is 17.2 Å². The summed E-state index contributed by atoms with van der Waals surface area (Å²) >= 11 is 0. The summed E-state index contributed by atoms with van der Waals surface area (Å²) in [4.78, 5) is 0. The van der Waals surface area contributed by atoms with Gasteiger partial charge >= 0.3 is 0 Å². The van der Waals surface area contributed by atoms with Crippen molar-refractivity contribution in [1.82, 2.24) is 0 Å². The fraction of sp³-hybridized carbons (Fsp3) is 0.333. The summed E-state index contributed by atoms with van der Waals surface area (Å²) in [5.74, 6) is 1.31. The van der Waals surface area contributed by atoms with E-state index in [1.165, 1.54) is 6.08 Å². The molecule has 0 aliphatic carbocycles. The predicted molar refractivity (Wildman–Crippen MR) is 59.4 cm³/mol. The summed E-state index contributed by atoms with van der Waals surface area (Å²) in [6.07, 6.45) is 0.796. The SMILES string of the molecule is C=CC(O)c1cc(C)c(OC)c(OC)c1. The Balaban J connectivity index is 3.25. The molecule has 82 valence electrons. The molecule has 1 atom stereocenters. The van der Waals surface area contributed by atoms with E-state index in [2.05, 4.69) is 6.58 Å². The van der Waals surface area contributed by atoms with Crippen molar-refractivity contribution < 1.29 is 14.6 Å². The Kier molecular flexibility index (Phi) is 3.74. The first kappa shape index (κ1) is 11.6. The molecule has 3 heteroatoms. The Labute approximate surface area is 90.0 Å². The fourth-order valence-corrected chi connectivity index (χ4v) is 1.49. The Bertz CT molecular complexity index is 358. The molecule has 0 radical (unpaired) electrons. The molecule has 1 aromatic rings. The average Bonchev–Trinajstić information content (AvgIpc) is 2.26. The highest BCUT2D eigenvalue weighted by molar-refractivity contribution is 5.49. The number of ether oxygens (including phenoxy) is 2. The third-order valence-electron chi connectivity index (χ3n) is 2.25. The normalized spacial score (nSPS) is 12.0. The lowest BCUT2D eigenvalue weighted by atomic mass is 10.0. The van der Waals surface area contributed by atoms with Crippen LogP contribution in [0.2, 0.25) is 0 Å². The van der Waals surface area contributed by atoms with Crippen molar-refractivity contribution in [2.75, 3.05) is 14.2 Å². The van der Waals surface area contributed by atoms with E-state index in [4.69, 9.17) is 9.47 Å². The second-order valence-electron chi connectivity index (χ2n) is 3.25. The zero-order valence-electron chi connectivity index (χ0n) is 9.28. The summed E-state index contributed by atoms with van der Waals surface area (Å²) in [5.41, 5.74) is 1.67. The largest absolute Gasteiger partial charge is 0.493 e. The van der Waals surface area contributed by atoms with E-state index < -0.39 is 6.10 Å². The number of aryl methyl sites for hydroxylation is 1. The van der Waals surface area contributed by atoms with Crippen molar-refractivity contribution in [3.05, 3.63) is 35.9 Å². The van der Waals surface area contributed by atoms with Gasteiger partial charge in [0.25, 0.3) is 0 Å². The van der Waals surface area contributed by atoms with Crippen LogP contribution < -0.4 is 9.47 Å². The van der Waals surface area contributed by atoms with Crippen molar-refractivity contribution in [3.8, 4) is 11.5 Å². The van der Waals surface area contributed by atoms with Crippen LogP contribution in [0.4, 0.5) is 0 Å². The molecule has 0 saturated heterocycles. The van der Waals surface area contributed by atoms with Crippen LogP contribution in [0.25, 0.3) is 0 Å². The number of methoxy groups -OCH3 is 2. The van der Waals surface area contributed by atoms with Gasteiger partial charge in [-0.2, -0.15) is 0 Å². The van der Waals surface area contributed by atoms with Gasteiger partial charge in [-0.15, -0.1) is 6.58 Å². The predicted octanol–water partition coefficient (Wildman–Crippen LogP) is 2.23. The van der Waals surface area contributed by atoms with E-state index in [0.29, 0.717) is 11.5 Å². The van der Waals surface area contributed by atoms with Gasteiger partial charge in [0, 0.05) is 0 Å². The van der Waals surface area contributed by atoms with Crippen LogP contribution in [0.5, 0.6) is 11.5 Å². The number of aliphatic hydroxyl groups excluding tert-OH is 1. The second-order valence-corrected chi connectivity index (χ2v) is 3.25. The highest BCUT2D eigenvalue weighted by atomic mass is 16.5. The van der Waals surface area contributed by atoms with Gasteiger partial charge in [-0.05, 0) is 30.2 Å². The van der Waals surface area contributed by atoms with Crippen LogP contribution in [-0.4, -0.2) is 19.3 Å². The number of benzene rings is 1. The van der Waals surface area contributed by atoms with Crippen LogP contribution in [0.15, 0.2) is 24.8 Å². The van der Waals surface area contributed by atoms with Crippen molar-refractivity contribution >= 4 is 0 Å². The van der Waals surface area contributed by atoms with Gasteiger partial charge in [0.1, 0.15) is 0 Å². The summed E-state index contributed by atoms with van der Waals surface area (Å²) < 4.78 is 10.4. The topological polar surface area (TPSA) is 38.7 Å². The molecule has 0 bridgehead atoms. The van der Waals surface area contributed by atoms with E-state index >= 15 is 0 Å². The third kappa shape index (κ3) is 2.30. The van der Waals surface area contributed by atoms with Gasteiger partial charge in [-0.1, -0.05) is 6.08 Å². The molecule has 1 aromatic carbocycles. The first-order chi connectivity index (χ1) is 7.13. The zero-order chi connectivity index (χ0) is 11.4. The zero-order valence-corrected chi connectivity index (χ0v) is 9.28. The van der Waals surface area contributed by atoms with Crippen molar-refractivity contribution in [2.45, 2.75) is 13.0 Å². The quantitative estimate of drug-likeness (QED) is 0.771. The monoisotopic (exact) mass is 208 g/mol. The van der Waals surface area contributed by atoms with Crippen LogP contribution in [-0.2, 0) is 0 Å². The van der Waals surface area contributed by atoms with Gasteiger partial charge in [0.15, 0.2) is 11.5 Å². The molecule has 1 unspecified atom stereocenters. The number of aliphatic hydroxyl groups is 1. The van der Waals surface area contributed by atoms with Gasteiger partial charge in [0.2, 0.25) is 0 Å². The molecule has 1 N–H and O–H groups in total.